The van der Waals surface area contributed by atoms with Gasteiger partial charge >= 0.3 is 0 Å². The quantitative estimate of drug-likeness (QED) is 0.612. The molecule has 29 heavy (non-hydrogen) atoms. The lowest BCUT2D eigenvalue weighted by atomic mass is 10.0. The number of nitrogens with one attached hydrogen (secondary N) is 3. The molecule has 156 valence electrons. The largest absolute Gasteiger partial charge is 0.378 e. The number of benzene rings is 2. The van der Waals surface area contributed by atoms with E-state index >= 15 is 0 Å². The highest BCUT2D eigenvalue weighted by atomic mass is 35.5. The van der Waals surface area contributed by atoms with E-state index in [-0.39, 0.29) is 36.7 Å². The highest BCUT2D eigenvalue weighted by Crippen LogP contribution is 2.06. The Hall–Kier alpha value is -2.41. The molecule has 7 heteroatoms. The molecule has 2 unspecified atom stereocenters. The molecule has 2 aromatic carbocycles. The van der Waals surface area contributed by atoms with Crippen molar-refractivity contribution in [2.75, 3.05) is 19.8 Å². The molecule has 1 aliphatic heterocycles. The Morgan fingerprint density at radius 3 is 2.31 bits per heavy atom. The minimum Gasteiger partial charge on any atom is -0.378 e. The molecule has 6 nitrogen and oxygen atoms in total. The van der Waals surface area contributed by atoms with E-state index in [0.717, 1.165) is 17.7 Å². The van der Waals surface area contributed by atoms with Gasteiger partial charge in [-0.2, -0.15) is 0 Å². The third-order valence-corrected chi connectivity index (χ3v) is 4.67. The summed E-state index contributed by atoms with van der Waals surface area (Å²) in [7, 11) is 0. The second-order valence-electron chi connectivity index (χ2n) is 6.94. The molecule has 0 spiro atoms. The van der Waals surface area contributed by atoms with Gasteiger partial charge in [-0.05, 0) is 11.1 Å². The van der Waals surface area contributed by atoms with E-state index in [1.807, 2.05) is 60.7 Å². The Labute approximate surface area is 177 Å². The lowest BCUT2D eigenvalue weighted by molar-refractivity contribution is -0.129. The number of carbonyl (C=O) groups is 2. The van der Waals surface area contributed by atoms with E-state index in [2.05, 4.69) is 16.0 Å². The maximum atomic E-state index is 12.8. The molecule has 2 atom stereocenters. The zero-order valence-electron chi connectivity index (χ0n) is 16.3. The lowest BCUT2D eigenvalue weighted by Crippen LogP contribution is -2.50. The number of rotatable bonds is 8. The number of ether oxygens (including phenoxy) is 1. The van der Waals surface area contributed by atoms with Gasteiger partial charge in [0.1, 0.15) is 6.04 Å². The van der Waals surface area contributed by atoms with Crippen molar-refractivity contribution in [1.29, 1.82) is 0 Å². The van der Waals surface area contributed by atoms with E-state index in [1.165, 1.54) is 0 Å². The molecule has 0 aliphatic carbocycles. The summed E-state index contributed by atoms with van der Waals surface area (Å²) in [6, 6.07) is 18.8. The van der Waals surface area contributed by atoms with Crippen LogP contribution in [0.15, 0.2) is 60.7 Å². The molecule has 0 saturated carbocycles. The fourth-order valence-electron chi connectivity index (χ4n) is 3.20. The van der Waals surface area contributed by atoms with Gasteiger partial charge in [-0.25, -0.2) is 0 Å². The highest BCUT2D eigenvalue weighted by molar-refractivity contribution is 5.88. The summed E-state index contributed by atoms with van der Waals surface area (Å²) in [6.45, 7) is 2.34. The molecule has 3 N–H and O–H groups in total. The molecule has 1 aliphatic rings. The Balaban J connectivity index is 0.00000300. The number of carbonyl (C=O) groups excluding carboxylic acids is 2. The summed E-state index contributed by atoms with van der Waals surface area (Å²) in [6.07, 6.45) is 0.735. The van der Waals surface area contributed by atoms with E-state index < -0.39 is 6.04 Å². The maximum absolute atomic E-state index is 12.8. The Bertz CT molecular complexity index is 752. The third-order valence-electron chi connectivity index (χ3n) is 4.67. The standard InChI is InChI=1S/C22H27N3O3.ClH/c26-21(14-19-16-28-12-11-23-19)25-20(13-17-7-3-1-4-8-17)22(27)24-15-18-9-5-2-6-10-18;/h1-10,19-20,23H,11-16H2,(H,24,27)(H,25,26);1H. The summed E-state index contributed by atoms with van der Waals surface area (Å²) in [4.78, 5) is 25.3. The maximum Gasteiger partial charge on any atom is 0.243 e. The number of amides is 2. The van der Waals surface area contributed by atoms with Crippen LogP contribution in [-0.2, 0) is 27.3 Å². The fraction of sp³-hybridized carbons (Fsp3) is 0.364. The Kier molecular flexibility index (Phi) is 9.64. The van der Waals surface area contributed by atoms with Crippen LogP contribution in [-0.4, -0.2) is 43.7 Å². The van der Waals surface area contributed by atoms with Gasteiger partial charge in [-0.1, -0.05) is 60.7 Å². The lowest BCUT2D eigenvalue weighted by Gasteiger charge is -2.25. The fourth-order valence-corrected chi connectivity index (χ4v) is 3.20. The van der Waals surface area contributed by atoms with Crippen LogP contribution in [0.2, 0.25) is 0 Å². The van der Waals surface area contributed by atoms with Gasteiger partial charge in [0.05, 0.1) is 13.2 Å². The molecule has 1 saturated heterocycles. The summed E-state index contributed by atoms with van der Waals surface area (Å²) < 4.78 is 5.40. The number of hydrogen-bond donors (Lipinski definition) is 3. The highest BCUT2D eigenvalue weighted by Gasteiger charge is 2.23. The Morgan fingerprint density at radius 2 is 1.69 bits per heavy atom. The summed E-state index contributed by atoms with van der Waals surface area (Å²) in [5, 5.41) is 9.10. The van der Waals surface area contributed by atoms with Gasteiger partial charge in [-0.15, -0.1) is 12.4 Å². The minimum absolute atomic E-state index is 0. The molecule has 3 rings (SSSR count). The van der Waals surface area contributed by atoms with Gasteiger partial charge < -0.3 is 20.7 Å². The molecule has 1 fully saturated rings. The van der Waals surface area contributed by atoms with Crippen LogP contribution in [0.5, 0.6) is 0 Å². The molecule has 0 radical (unpaired) electrons. The summed E-state index contributed by atoms with van der Waals surface area (Å²) in [5.41, 5.74) is 2.02. The zero-order valence-corrected chi connectivity index (χ0v) is 17.1. The first kappa shape index (κ1) is 22.9. The molecular weight excluding hydrogens is 390 g/mol. The zero-order chi connectivity index (χ0) is 19.6. The first-order chi connectivity index (χ1) is 13.7. The van der Waals surface area contributed by atoms with Crippen molar-refractivity contribution in [1.82, 2.24) is 16.0 Å². The van der Waals surface area contributed by atoms with Crippen LogP contribution in [0, 0.1) is 0 Å². The van der Waals surface area contributed by atoms with Crippen molar-refractivity contribution in [3.8, 4) is 0 Å². The van der Waals surface area contributed by atoms with Crippen molar-refractivity contribution in [2.24, 2.45) is 0 Å². The van der Waals surface area contributed by atoms with Crippen molar-refractivity contribution < 1.29 is 14.3 Å². The molecule has 2 aromatic rings. The Morgan fingerprint density at radius 1 is 1.03 bits per heavy atom. The summed E-state index contributed by atoms with van der Waals surface area (Å²) in [5.74, 6) is -0.340. The van der Waals surface area contributed by atoms with Crippen LogP contribution < -0.4 is 16.0 Å². The second kappa shape index (κ2) is 12.2. The van der Waals surface area contributed by atoms with Crippen molar-refractivity contribution >= 4 is 24.2 Å². The van der Waals surface area contributed by atoms with E-state index in [1.54, 1.807) is 0 Å². The predicted octanol–water partition coefficient (Wildman–Crippen LogP) is 1.83. The summed E-state index contributed by atoms with van der Waals surface area (Å²) >= 11 is 0. The smallest absolute Gasteiger partial charge is 0.243 e. The third kappa shape index (κ3) is 7.85. The first-order valence-corrected chi connectivity index (χ1v) is 9.67. The topological polar surface area (TPSA) is 79.5 Å². The van der Waals surface area contributed by atoms with Gasteiger partial charge in [0, 0.05) is 32.0 Å². The predicted molar refractivity (Wildman–Crippen MR) is 115 cm³/mol. The van der Waals surface area contributed by atoms with Crippen molar-refractivity contribution in [3.63, 3.8) is 0 Å². The first-order valence-electron chi connectivity index (χ1n) is 9.67. The van der Waals surface area contributed by atoms with Gasteiger partial charge in [0.2, 0.25) is 11.8 Å². The van der Waals surface area contributed by atoms with Crippen LogP contribution in [0.25, 0.3) is 0 Å². The van der Waals surface area contributed by atoms with E-state index in [4.69, 9.17) is 4.74 Å². The van der Waals surface area contributed by atoms with E-state index in [9.17, 15) is 9.59 Å². The normalized spacial score (nSPS) is 16.9. The SMILES string of the molecule is Cl.O=C(CC1COCCN1)NC(Cc1ccccc1)C(=O)NCc1ccccc1. The molecule has 2 amide bonds. The monoisotopic (exact) mass is 417 g/mol. The van der Waals surface area contributed by atoms with Crippen LogP contribution in [0.4, 0.5) is 0 Å². The molecule has 0 aromatic heterocycles. The van der Waals surface area contributed by atoms with Crippen LogP contribution in [0.3, 0.4) is 0 Å². The van der Waals surface area contributed by atoms with Crippen molar-refractivity contribution in [2.45, 2.75) is 31.5 Å². The van der Waals surface area contributed by atoms with Crippen LogP contribution >= 0.6 is 12.4 Å². The number of hydrogen-bond acceptors (Lipinski definition) is 4. The van der Waals surface area contributed by atoms with Crippen molar-refractivity contribution in [3.05, 3.63) is 71.8 Å². The average Bonchev–Trinajstić information content (AvgIpc) is 2.74. The van der Waals surface area contributed by atoms with Gasteiger partial charge in [-0.3, -0.25) is 9.59 Å². The van der Waals surface area contributed by atoms with Gasteiger partial charge in [0.25, 0.3) is 0 Å². The number of halogens is 1. The minimum atomic E-state index is -0.622. The molecule has 0 bridgehead atoms. The van der Waals surface area contributed by atoms with Gasteiger partial charge in [0.15, 0.2) is 0 Å². The molecular formula is C22H28ClN3O3. The molecule has 1 heterocycles. The number of morpholine rings is 1. The van der Waals surface area contributed by atoms with Crippen LogP contribution in [0.1, 0.15) is 17.5 Å². The average molecular weight is 418 g/mol. The second-order valence-corrected chi connectivity index (χ2v) is 6.94. The van der Waals surface area contributed by atoms with E-state index in [0.29, 0.717) is 26.2 Å².